The summed E-state index contributed by atoms with van der Waals surface area (Å²) in [6, 6.07) is 7.27. The standard InChI is InChI=1S/C16H22N4O2.ClH/c1-11(2)14(17)8-9-20(3)16(21)13-6-4-12(5-7-13)15-18-10-22-19-15;/h4-7,10-11,14H,8-9,17H2,1-3H3;1H. The molecule has 23 heavy (non-hydrogen) atoms. The van der Waals surface area contributed by atoms with Crippen LogP contribution in [0, 0.1) is 5.92 Å². The maximum Gasteiger partial charge on any atom is 0.253 e. The van der Waals surface area contributed by atoms with Crippen LogP contribution in [0.2, 0.25) is 0 Å². The topological polar surface area (TPSA) is 85.2 Å². The molecule has 0 aliphatic heterocycles. The van der Waals surface area contributed by atoms with Gasteiger partial charge in [0.1, 0.15) is 0 Å². The van der Waals surface area contributed by atoms with Crippen LogP contribution in [0.5, 0.6) is 0 Å². The summed E-state index contributed by atoms with van der Waals surface area (Å²) in [4.78, 5) is 18.0. The number of nitrogens with zero attached hydrogens (tertiary/aromatic N) is 3. The number of hydrogen-bond acceptors (Lipinski definition) is 5. The normalized spacial score (nSPS) is 11.9. The lowest BCUT2D eigenvalue weighted by Gasteiger charge is -2.21. The highest BCUT2D eigenvalue weighted by atomic mass is 35.5. The summed E-state index contributed by atoms with van der Waals surface area (Å²) in [5.41, 5.74) is 7.46. The summed E-state index contributed by atoms with van der Waals surface area (Å²) in [7, 11) is 1.79. The number of carbonyl (C=O) groups is 1. The Hall–Kier alpha value is -1.92. The number of nitrogens with two attached hydrogens (primary N) is 1. The van der Waals surface area contributed by atoms with Gasteiger partial charge in [0.2, 0.25) is 12.2 Å². The molecule has 1 aromatic carbocycles. The van der Waals surface area contributed by atoms with Gasteiger partial charge in [-0.2, -0.15) is 4.98 Å². The Kier molecular flexibility index (Phi) is 7.19. The van der Waals surface area contributed by atoms with E-state index < -0.39 is 0 Å². The molecule has 0 aliphatic carbocycles. The summed E-state index contributed by atoms with van der Waals surface area (Å²) in [5, 5.41) is 3.77. The van der Waals surface area contributed by atoms with Crippen LogP contribution >= 0.6 is 12.4 Å². The third-order valence-corrected chi connectivity index (χ3v) is 3.75. The van der Waals surface area contributed by atoms with Crippen molar-refractivity contribution in [2.75, 3.05) is 13.6 Å². The molecule has 2 N–H and O–H groups in total. The first-order valence-electron chi connectivity index (χ1n) is 7.37. The minimum absolute atomic E-state index is 0. The molecule has 2 aromatic rings. The molecular weight excluding hydrogens is 316 g/mol. The molecule has 1 amide bonds. The zero-order chi connectivity index (χ0) is 16.1. The quantitative estimate of drug-likeness (QED) is 0.875. The minimum Gasteiger partial charge on any atom is -0.342 e. The number of rotatable bonds is 6. The van der Waals surface area contributed by atoms with Gasteiger partial charge < -0.3 is 15.2 Å². The van der Waals surface area contributed by atoms with Crippen molar-refractivity contribution in [2.45, 2.75) is 26.3 Å². The maximum absolute atomic E-state index is 12.4. The van der Waals surface area contributed by atoms with Crippen molar-refractivity contribution < 1.29 is 9.32 Å². The molecule has 0 fully saturated rings. The Labute approximate surface area is 142 Å². The van der Waals surface area contributed by atoms with Gasteiger partial charge >= 0.3 is 0 Å². The van der Waals surface area contributed by atoms with Gasteiger partial charge in [0.15, 0.2) is 0 Å². The minimum atomic E-state index is -0.0179. The summed E-state index contributed by atoms with van der Waals surface area (Å²) in [5.74, 6) is 0.906. The molecule has 1 aromatic heterocycles. The van der Waals surface area contributed by atoms with Crippen LogP contribution in [-0.2, 0) is 0 Å². The molecule has 126 valence electrons. The monoisotopic (exact) mass is 338 g/mol. The van der Waals surface area contributed by atoms with Crippen molar-refractivity contribution in [1.29, 1.82) is 0 Å². The predicted octanol–water partition coefficient (Wildman–Crippen LogP) is 2.60. The lowest BCUT2D eigenvalue weighted by Crippen LogP contribution is -2.34. The maximum atomic E-state index is 12.4. The fourth-order valence-electron chi connectivity index (χ4n) is 2.06. The van der Waals surface area contributed by atoms with Gasteiger partial charge in [-0.15, -0.1) is 12.4 Å². The van der Waals surface area contributed by atoms with Gasteiger partial charge in [-0.05, 0) is 24.5 Å². The van der Waals surface area contributed by atoms with E-state index >= 15 is 0 Å². The fraction of sp³-hybridized carbons (Fsp3) is 0.438. The highest BCUT2D eigenvalue weighted by Crippen LogP contribution is 2.16. The van der Waals surface area contributed by atoms with E-state index in [2.05, 4.69) is 24.0 Å². The summed E-state index contributed by atoms with van der Waals surface area (Å²) >= 11 is 0. The SMILES string of the molecule is CC(C)C(N)CCN(C)C(=O)c1ccc(-c2ncon2)cc1.Cl. The molecule has 7 heteroatoms. The van der Waals surface area contributed by atoms with E-state index in [0.717, 1.165) is 12.0 Å². The number of benzene rings is 1. The Bertz CT molecular complexity index is 599. The second kappa shape index (κ2) is 8.64. The third kappa shape index (κ3) is 5.04. The summed E-state index contributed by atoms with van der Waals surface area (Å²) < 4.78 is 4.71. The van der Waals surface area contributed by atoms with Crippen molar-refractivity contribution in [3.05, 3.63) is 36.2 Å². The molecule has 0 saturated carbocycles. The zero-order valence-electron chi connectivity index (χ0n) is 13.6. The first kappa shape index (κ1) is 19.1. The highest BCUT2D eigenvalue weighted by molar-refractivity contribution is 5.94. The van der Waals surface area contributed by atoms with Gasteiger partial charge in [0, 0.05) is 30.8 Å². The molecule has 1 heterocycles. The van der Waals surface area contributed by atoms with Crippen molar-refractivity contribution >= 4 is 18.3 Å². The molecule has 2 rings (SSSR count). The molecular formula is C16H23ClN4O2. The molecule has 1 atom stereocenters. The van der Waals surface area contributed by atoms with Crippen LogP contribution in [-0.4, -0.2) is 40.6 Å². The number of carbonyl (C=O) groups excluding carboxylic acids is 1. The lowest BCUT2D eigenvalue weighted by atomic mass is 10.0. The number of aromatic nitrogens is 2. The molecule has 0 radical (unpaired) electrons. The van der Waals surface area contributed by atoms with Crippen LogP contribution in [0.25, 0.3) is 11.4 Å². The predicted molar refractivity (Wildman–Crippen MR) is 91.4 cm³/mol. The van der Waals surface area contributed by atoms with E-state index in [1.54, 1.807) is 24.1 Å². The van der Waals surface area contributed by atoms with E-state index in [-0.39, 0.29) is 24.4 Å². The molecule has 0 spiro atoms. The summed E-state index contributed by atoms with van der Waals surface area (Å²) in [6.45, 7) is 4.82. The average Bonchev–Trinajstić information content (AvgIpc) is 3.06. The van der Waals surface area contributed by atoms with Crippen molar-refractivity contribution in [1.82, 2.24) is 15.0 Å². The second-order valence-electron chi connectivity index (χ2n) is 5.76. The van der Waals surface area contributed by atoms with Crippen molar-refractivity contribution in [2.24, 2.45) is 11.7 Å². The first-order valence-corrected chi connectivity index (χ1v) is 7.37. The molecule has 1 unspecified atom stereocenters. The number of amides is 1. The molecule has 0 aliphatic rings. The van der Waals surface area contributed by atoms with Gasteiger partial charge in [-0.3, -0.25) is 4.79 Å². The smallest absolute Gasteiger partial charge is 0.253 e. The molecule has 0 bridgehead atoms. The van der Waals surface area contributed by atoms with Crippen LogP contribution < -0.4 is 5.73 Å². The van der Waals surface area contributed by atoms with Crippen molar-refractivity contribution in [3.63, 3.8) is 0 Å². The van der Waals surface area contributed by atoms with E-state index in [1.165, 1.54) is 6.39 Å². The zero-order valence-corrected chi connectivity index (χ0v) is 14.4. The van der Waals surface area contributed by atoms with Crippen LogP contribution in [0.4, 0.5) is 0 Å². The Balaban J connectivity index is 0.00000264. The van der Waals surface area contributed by atoms with E-state index in [1.807, 2.05) is 12.1 Å². The van der Waals surface area contributed by atoms with E-state index in [4.69, 9.17) is 10.3 Å². The number of halogens is 1. The third-order valence-electron chi connectivity index (χ3n) is 3.75. The Morgan fingerprint density at radius 1 is 1.30 bits per heavy atom. The van der Waals surface area contributed by atoms with Crippen molar-refractivity contribution in [3.8, 4) is 11.4 Å². The van der Waals surface area contributed by atoms with E-state index in [0.29, 0.717) is 23.9 Å². The molecule has 0 saturated heterocycles. The largest absolute Gasteiger partial charge is 0.342 e. The van der Waals surface area contributed by atoms with Gasteiger partial charge in [-0.1, -0.05) is 31.1 Å². The first-order chi connectivity index (χ1) is 10.5. The van der Waals surface area contributed by atoms with E-state index in [9.17, 15) is 4.79 Å². The van der Waals surface area contributed by atoms with Gasteiger partial charge in [-0.25, -0.2) is 0 Å². The Morgan fingerprint density at radius 3 is 2.48 bits per heavy atom. The van der Waals surface area contributed by atoms with Gasteiger partial charge in [0.25, 0.3) is 5.91 Å². The second-order valence-corrected chi connectivity index (χ2v) is 5.76. The van der Waals surface area contributed by atoms with Crippen LogP contribution in [0.1, 0.15) is 30.6 Å². The van der Waals surface area contributed by atoms with Gasteiger partial charge in [0.05, 0.1) is 0 Å². The lowest BCUT2D eigenvalue weighted by molar-refractivity contribution is 0.0789. The average molecular weight is 339 g/mol. The van der Waals surface area contributed by atoms with Crippen LogP contribution in [0.15, 0.2) is 35.2 Å². The fourth-order valence-corrected chi connectivity index (χ4v) is 2.06. The molecule has 6 nitrogen and oxygen atoms in total. The number of hydrogen-bond donors (Lipinski definition) is 1. The van der Waals surface area contributed by atoms with Crippen LogP contribution in [0.3, 0.4) is 0 Å². The highest BCUT2D eigenvalue weighted by Gasteiger charge is 2.15. The summed E-state index contributed by atoms with van der Waals surface area (Å²) in [6.07, 6.45) is 2.07. The Morgan fingerprint density at radius 2 is 1.96 bits per heavy atom.